The number of hydrogen-bond acceptors (Lipinski definition) is 0. The molecule has 0 heterocycles. The largest absolute Gasteiger partial charge is 0.209 e. The first-order valence-corrected chi connectivity index (χ1v) is 4.82. The van der Waals surface area contributed by atoms with Gasteiger partial charge in [-0.2, -0.15) is 0 Å². The van der Waals surface area contributed by atoms with Crippen LogP contribution in [0.4, 0.5) is 11.7 Å². The van der Waals surface area contributed by atoms with Crippen molar-refractivity contribution in [1.29, 1.82) is 0 Å². The standard InChI is InChI=1S/C5H12BF3S/c1-6(2)4-3-5-10(7,8)9/h3-5H2,1-2H3. The average Bonchev–Trinajstić information content (AvgIpc) is 1.59. The van der Waals surface area contributed by atoms with Gasteiger partial charge in [0, 0.05) is 0 Å². The van der Waals surface area contributed by atoms with Gasteiger partial charge in [0.1, 0.15) is 6.71 Å². The molecule has 0 atom stereocenters. The molecule has 62 valence electrons. The van der Waals surface area contributed by atoms with Crippen LogP contribution in [0.5, 0.6) is 0 Å². The van der Waals surface area contributed by atoms with Gasteiger partial charge in [0.05, 0.1) is 5.75 Å². The molecule has 0 aliphatic heterocycles. The summed E-state index contributed by atoms with van der Waals surface area (Å²) in [5.74, 6) is -0.550. The molecule has 0 spiro atoms. The third kappa shape index (κ3) is 8.20. The molecule has 0 aliphatic carbocycles. The van der Waals surface area contributed by atoms with Gasteiger partial charge < -0.3 is 0 Å². The van der Waals surface area contributed by atoms with E-state index in [-0.39, 0.29) is 0 Å². The number of rotatable bonds is 4. The first kappa shape index (κ1) is 10.2. The fraction of sp³-hybridized carbons (Fsp3) is 1.00. The van der Waals surface area contributed by atoms with Crippen molar-refractivity contribution in [3.05, 3.63) is 0 Å². The summed E-state index contributed by atoms with van der Waals surface area (Å²) >= 11 is -4.72. The van der Waals surface area contributed by atoms with Gasteiger partial charge in [0.2, 0.25) is 11.2 Å². The predicted octanol–water partition coefficient (Wildman–Crippen LogP) is 3.59. The summed E-state index contributed by atoms with van der Waals surface area (Å²) in [6.07, 6.45) is 0.989. The van der Waals surface area contributed by atoms with Crippen molar-refractivity contribution in [3.8, 4) is 0 Å². The van der Waals surface area contributed by atoms with Crippen LogP contribution in [0.15, 0.2) is 0 Å². The van der Waals surface area contributed by atoms with Gasteiger partial charge in [0.25, 0.3) is 0 Å². The molecule has 0 aliphatic rings. The highest BCUT2D eigenvalue weighted by molar-refractivity contribution is 8.20. The molecule has 0 unspecified atom stereocenters. The molecule has 0 aromatic rings. The second kappa shape index (κ2) is 4.16. The van der Waals surface area contributed by atoms with Gasteiger partial charge in [-0.1, -0.05) is 20.0 Å². The van der Waals surface area contributed by atoms with Crippen LogP contribution in [0.2, 0.25) is 20.0 Å². The van der Waals surface area contributed by atoms with Gasteiger partial charge in [-0.15, -0.1) is 11.7 Å². The van der Waals surface area contributed by atoms with E-state index in [1.807, 2.05) is 13.6 Å². The van der Waals surface area contributed by atoms with E-state index < -0.39 is 16.9 Å². The molecule has 0 nitrogen and oxygen atoms in total. The van der Waals surface area contributed by atoms with E-state index in [1.54, 1.807) is 0 Å². The Morgan fingerprint density at radius 2 is 1.70 bits per heavy atom. The lowest BCUT2D eigenvalue weighted by Gasteiger charge is -2.08. The molecule has 0 bridgehead atoms. The second-order valence-corrected chi connectivity index (χ2v) is 4.16. The summed E-state index contributed by atoms with van der Waals surface area (Å²) in [5.41, 5.74) is 0. The van der Waals surface area contributed by atoms with Crippen molar-refractivity contribution in [2.24, 2.45) is 0 Å². The van der Waals surface area contributed by atoms with Crippen molar-refractivity contribution in [2.75, 3.05) is 5.75 Å². The molecule has 0 radical (unpaired) electrons. The molecule has 0 saturated carbocycles. The Bertz CT molecular complexity index is 91.4. The maximum atomic E-state index is 11.6. The van der Waals surface area contributed by atoms with E-state index in [0.29, 0.717) is 19.5 Å². The van der Waals surface area contributed by atoms with Crippen molar-refractivity contribution < 1.29 is 11.7 Å². The van der Waals surface area contributed by atoms with E-state index in [4.69, 9.17) is 0 Å². The minimum Gasteiger partial charge on any atom is -0.125 e. The maximum absolute atomic E-state index is 11.6. The summed E-state index contributed by atoms with van der Waals surface area (Å²) in [6, 6.07) is 0. The van der Waals surface area contributed by atoms with Crippen LogP contribution < -0.4 is 0 Å². The van der Waals surface area contributed by atoms with Gasteiger partial charge in [-0.25, -0.2) is 0 Å². The Hall–Kier alpha value is 0.205. The maximum Gasteiger partial charge on any atom is 0.209 e. The van der Waals surface area contributed by atoms with E-state index in [1.165, 1.54) is 0 Å². The van der Waals surface area contributed by atoms with Crippen LogP contribution in [0.25, 0.3) is 0 Å². The number of hydrogen-bond donors (Lipinski definition) is 0. The molecular weight excluding hydrogens is 160 g/mol. The van der Waals surface area contributed by atoms with E-state index in [0.717, 1.165) is 0 Å². The normalized spacial score (nSPS) is 13.3. The Morgan fingerprint density at radius 3 is 2.00 bits per heavy atom. The Balaban J connectivity index is 3.21. The van der Waals surface area contributed by atoms with Crippen molar-refractivity contribution in [1.82, 2.24) is 0 Å². The van der Waals surface area contributed by atoms with E-state index in [9.17, 15) is 11.7 Å². The van der Waals surface area contributed by atoms with Crippen LogP contribution in [0.3, 0.4) is 0 Å². The minimum absolute atomic E-state index is 0.302. The Labute approximate surface area is 62.5 Å². The van der Waals surface area contributed by atoms with E-state index in [2.05, 4.69) is 0 Å². The van der Waals surface area contributed by atoms with Crippen LogP contribution >= 0.6 is 11.2 Å². The number of halogens is 3. The summed E-state index contributed by atoms with van der Waals surface area (Å²) in [7, 11) is 0. The molecular formula is C5H12BF3S. The lowest BCUT2D eigenvalue weighted by molar-refractivity contribution is 0.629. The Morgan fingerprint density at radius 1 is 1.20 bits per heavy atom. The highest BCUT2D eigenvalue weighted by Gasteiger charge is 2.19. The SMILES string of the molecule is CB(C)CCCS(F)(F)F. The van der Waals surface area contributed by atoms with Crippen LogP contribution in [0.1, 0.15) is 6.42 Å². The van der Waals surface area contributed by atoms with Gasteiger partial charge in [-0.3, -0.25) is 0 Å². The quantitative estimate of drug-likeness (QED) is 0.568. The zero-order chi connectivity index (χ0) is 8.20. The zero-order valence-corrected chi connectivity index (χ0v) is 7.06. The summed E-state index contributed by atoms with van der Waals surface area (Å²) in [6.45, 7) is 4.26. The van der Waals surface area contributed by atoms with Crippen LogP contribution in [-0.4, -0.2) is 12.5 Å². The van der Waals surface area contributed by atoms with Crippen molar-refractivity contribution in [2.45, 2.75) is 26.4 Å². The molecule has 5 heteroatoms. The fourth-order valence-electron chi connectivity index (χ4n) is 0.655. The highest BCUT2D eigenvalue weighted by Crippen LogP contribution is 2.53. The molecule has 0 fully saturated rings. The van der Waals surface area contributed by atoms with Crippen molar-refractivity contribution in [3.63, 3.8) is 0 Å². The molecule has 0 N–H and O–H groups in total. The third-order valence-corrected chi connectivity index (χ3v) is 1.91. The smallest absolute Gasteiger partial charge is 0.125 e. The zero-order valence-electron chi connectivity index (χ0n) is 6.24. The molecule has 0 rings (SSSR count). The van der Waals surface area contributed by atoms with Gasteiger partial charge in [-0.05, 0) is 6.42 Å². The summed E-state index contributed by atoms with van der Waals surface area (Å²) in [5, 5.41) is 0. The molecule has 0 amide bonds. The lowest BCUT2D eigenvalue weighted by atomic mass is 9.52. The van der Waals surface area contributed by atoms with Crippen LogP contribution in [0, 0.1) is 0 Å². The van der Waals surface area contributed by atoms with Crippen LogP contribution in [-0.2, 0) is 0 Å². The minimum atomic E-state index is -4.72. The first-order chi connectivity index (χ1) is 4.42. The summed E-state index contributed by atoms with van der Waals surface area (Å²) in [4.78, 5) is 0. The van der Waals surface area contributed by atoms with Gasteiger partial charge >= 0.3 is 0 Å². The average molecular weight is 172 g/mol. The molecule has 0 aromatic carbocycles. The second-order valence-electron chi connectivity index (χ2n) is 2.74. The van der Waals surface area contributed by atoms with Gasteiger partial charge in [0.15, 0.2) is 0 Å². The Kier molecular flexibility index (Phi) is 4.25. The summed E-state index contributed by atoms with van der Waals surface area (Å²) < 4.78 is 34.8. The monoisotopic (exact) mass is 172 g/mol. The molecule has 0 aromatic heterocycles. The van der Waals surface area contributed by atoms with Crippen molar-refractivity contribution >= 4 is 17.9 Å². The highest BCUT2D eigenvalue weighted by atomic mass is 32.3. The lowest BCUT2D eigenvalue weighted by Crippen LogP contribution is -2.00. The molecule has 0 saturated heterocycles. The third-order valence-electron chi connectivity index (χ3n) is 1.16. The predicted molar refractivity (Wildman–Crippen MR) is 42.7 cm³/mol. The fourth-order valence-corrected chi connectivity index (χ4v) is 1.15. The molecule has 10 heavy (non-hydrogen) atoms. The first-order valence-electron chi connectivity index (χ1n) is 3.31. The van der Waals surface area contributed by atoms with E-state index >= 15 is 0 Å². The topological polar surface area (TPSA) is 0 Å².